The van der Waals surface area contributed by atoms with Crippen LogP contribution in [0.1, 0.15) is 38.4 Å². The number of ether oxygens (including phenoxy) is 1. The molecule has 1 aromatic rings. The quantitative estimate of drug-likeness (QED) is 0.747. The van der Waals surface area contributed by atoms with Crippen LogP contribution in [0.25, 0.3) is 0 Å². The van der Waals surface area contributed by atoms with E-state index in [2.05, 4.69) is 10.6 Å². The monoisotopic (exact) mass is 306 g/mol. The Hall–Kier alpha value is -1.59. The van der Waals surface area contributed by atoms with Crippen molar-refractivity contribution in [3.63, 3.8) is 0 Å². The second-order valence-corrected chi connectivity index (χ2v) is 6.02. The van der Waals surface area contributed by atoms with Gasteiger partial charge in [0.05, 0.1) is 12.2 Å². The van der Waals surface area contributed by atoms with Gasteiger partial charge in [-0.3, -0.25) is 4.79 Å². The Kier molecular flexibility index (Phi) is 6.21. The van der Waals surface area contributed by atoms with Crippen LogP contribution in [-0.2, 0) is 4.79 Å². The number of piperidine rings is 1. The molecule has 2 rings (SSSR count). The summed E-state index contributed by atoms with van der Waals surface area (Å²) in [6, 6.07) is 7.35. The summed E-state index contributed by atoms with van der Waals surface area (Å²) in [4.78, 5) is 12.0. The third kappa shape index (κ3) is 5.00. The van der Waals surface area contributed by atoms with Crippen molar-refractivity contribution in [1.82, 2.24) is 10.6 Å². The van der Waals surface area contributed by atoms with Crippen molar-refractivity contribution in [2.24, 2.45) is 5.92 Å². The van der Waals surface area contributed by atoms with Crippen molar-refractivity contribution >= 4 is 5.91 Å². The van der Waals surface area contributed by atoms with Gasteiger partial charge in [0.15, 0.2) is 0 Å². The predicted octanol–water partition coefficient (Wildman–Crippen LogP) is 1.62. The van der Waals surface area contributed by atoms with E-state index >= 15 is 0 Å². The maximum Gasteiger partial charge on any atom is 0.223 e. The van der Waals surface area contributed by atoms with Crippen LogP contribution in [0.5, 0.6) is 5.75 Å². The lowest BCUT2D eigenvalue weighted by Gasteiger charge is -2.22. The smallest absolute Gasteiger partial charge is 0.223 e. The molecule has 122 valence electrons. The van der Waals surface area contributed by atoms with E-state index in [9.17, 15) is 9.90 Å². The van der Waals surface area contributed by atoms with Gasteiger partial charge < -0.3 is 20.5 Å². The molecule has 22 heavy (non-hydrogen) atoms. The Labute approximate surface area is 132 Å². The normalized spacial score (nSPS) is 17.3. The fraction of sp³-hybridized carbons (Fsp3) is 0.588. The Morgan fingerprint density at radius 1 is 1.32 bits per heavy atom. The molecule has 0 bridgehead atoms. The van der Waals surface area contributed by atoms with E-state index in [0.717, 1.165) is 37.2 Å². The average molecular weight is 306 g/mol. The first kappa shape index (κ1) is 16.8. The van der Waals surface area contributed by atoms with Crippen LogP contribution in [-0.4, -0.2) is 36.8 Å². The molecule has 1 heterocycles. The van der Waals surface area contributed by atoms with Crippen molar-refractivity contribution in [3.05, 3.63) is 29.8 Å². The molecule has 0 aromatic heterocycles. The minimum atomic E-state index is -0.696. The van der Waals surface area contributed by atoms with E-state index in [-0.39, 0.29) is 24.5 Å². The van der Waals surface area contributed by atoms with Crippen molar-refractivity contribution in [2.75, 3.05) is 19.6 Å². The summed E-state index contributed by atoms with van der Waals surface area (Å²) >= 11 is 0. The Morgan fingerprint density at radius 2 is 1.95 bits per heavy atom. The van der Waals surface area contributed by atoms with E-state index < -0.39 is 6.10 Å². The van der Waals surface area contributed by atoms with Gasteiger partial charge in [-0.2, -0.15) is 0 Å². The minimum absolute atomic E-state index is 0.0420. The lowest BCUT2D eigenvalue weighted by atomic mass is 9.97. The lowest BCUT2D eigenvalue weighted by Crippen LogP contribution is -2.39. The highest BCUT2D eigenvalue weighted by molar-refractivity contribution is 5.78. The molecule has 1 saturated heterocycles. The third-order valence-electron chi connectivity index (χ3n) is 3.82. The van der Waals surface area contributed by atoms with E-state index in [0.29, 0.717) is 0 Å². The highest BCUT2D eigenvalue weighted by atomic mass is 16.5. The number of carbonyl (C=O) groups is 1. The van der Waals surface area contributed by atoms with Crippen molar-refractivity contribution in [3.8, 4) is 5.75 Å². The van der Waals surface area contributed by atoms with Crippen molar-refractivity contribution < 1.29 is 14.6 Å². The zero-order valence-corrected chi connectivity index (χ0v) is 13.3. The van der Waals surface area contributed by atoms with E-state index in [1.54, 1.807) is 0 Å². The molecule has 1 fully saturated rings. The van der Waals surface area contributed by atoms with Crippen LogP contribution in [0, 0.1) is 5.92 Å². The second kappa shape index (κ2) is 8.15. The zero-order chi connectivity index (χ0) is 15.9. The number of hydrogen-bond acceptors (Lipinski definition) is 4. The molecule has 0 spiro atoms. The molecule has 1 aromatic carbocycles. The van der Waals surface area contributed by atoms with Crippen LogP contribution in [0.3, 0.4) is 0 Å². The average Bonchev–Trinajstić information content (AvgIpc) is 2.53. The Balaban J connectivity index is 1.81. The summed E-state index contributed by atoms with van der Waals surface area (Å²) in [5.74, 6) is 0.889. The highest BCUT2D eigenvalue weighted by Crippen LogP contribution is 2.19. The van der Waals surface area contributed by atoms with Gasteiger partial charge in [0.25, 0.3) is 0 Å². The first-order valence-electron chi connectivity index (χ1n) is 7.99. The minimum Gasteiger partial charge on any atom is -0.491 e. The predicted molar refractivity (Wildman–Crippen MR) is 85.8 cm³/mol. The fourth-order valence-corrected chi connectivity index (χ4v) is 2.58. The van der Waals surface area contributed by atoms with Gasteiger partial charge in [-0.05, 0) is 57.5 Å². The van der Waals surface area contributed by atoms with Crippen LogP contribution in [0.4, 0.5) is 0 Å². The number of aliphatic hydroxyl groups is 1. The number of nitrogens with one attached hydrogen (secondary N) is 2. The summed E-state index contributed by atoms with van der Waals surface area (Å²) in [7, 11) is 0. The Morgan fingerprint density at radius 3 is 2.55 bits per heavy atom. The van der Waals surface area contributed by atoms with Crippen molar-refractivity contribution in [1.29, 1.82) is 0 Å². The molecule has 1 aliphatic rings. The number of carbonyl (C=O) groups excluding carboxylic acids is 1. The largest absolute Gasteiger partial charge is 0.491 e. The molecule has 1 amide bonds. The van der Waals surface area contributed by atoms with Gasteiger partial charge in [-0.25, -0.2) is 0 Å². The van der Waals surface area contributed by atoms with Gasteiger partial charge in [0, 0.05) is 12.5 Å². The number of hydrogen-bond donors (Lipinski definition) is 3. The maximum atomic E-state index is 12.0. The highest BCUT2D eigenvalue weighted by Gasteiger charge is 2.21. The summed E-state index contributed by atoms with van der Waals surface area (Å²) in [6.45, 7) is 5.96. The summed E-state index contributed by atoms with van der Waals surface area (Å²) in [6.07, 6.45) is 1.16. The van der Waals surface area contributed by atoms with Crippen LogP contribution in [0.2, 0.25) is 0 Å². The molecule has 0 aliphatic carbocycles. The van der Waals surface area contributed by atoms with E-state index in [4.69, 9.17) is 4.74 Å². The number of benzene rings is 1. The van der Waals surface area contributed by atoms with Gasteiger partial charge in [0.1, 0.15) is 5.75 Å². The lowest BCUT2D eigenvalue weighted by molar-refractivity contribution is -0.126. The fourth-order valence-electron chi connectivity index (χ4n) is 2.58. The number of rotatable bonds is 6. The molecule has 1 atom stereocenters. The summed E-state index contributed by atoms with van der Waals surface area (Å²) in [5, 5.41) is 16.3. The van der Waals surface area contributed by atoms with Gasteiger partial charge >= 0.3 is 0 Å². The molecule has 5 heteroatoms. The Bertz CT molecular complexity index is 467. The standard InChI is InChI=1S/C17H26N2O3/c1-12(2)22-15-5-3-13(4-6-15)16(20)11-19-17(21)14-7-9-18-10-8-14/h3-6,12,14,16,18,20H,7-11H2,1-2H3,(H,19,21). The molecular weight excluding hydrogens is 280 g/mol. The summed E-state index contributed by atoms with van der Waals surface area (Å²) < 4.78 is 5.57. The van der Waals surface area contributed by atoms with Crippen LogP contribution < -0.4 is 15.4 Å². The molecule has 5 nitrogen and oxygen atoms in total. The topological polar surface area (TPSA) is 70.6 Å². The number of aliphatic hydroxyl groups excluding tert-OH is 1. The first-order valence-corrected chi connectivity index (χ1v) is 7.99. The van der Waals surface area contributed by atoms with E-state index in [1.165, 1.54) is 0 Å². The molecular formula is C17H26N2O3. The molecule has 1 aliphatic heterocycles. The molecule has 0 radical (unpaired) electrons. The van der Waals surface area contributed by atoms with Gasteiger partial charge in [-0.15, -0.1) is 0 Å². The number of amides is 1. The van der Waals surface area contributed by atoms with E-state index in [1.807, 2.05) is 38.1 Å². The maximum absolute atomic E-state index is 12.0. The molecule has 1 unspecified atom stereocenters. The summed E-state index contributed by atoms with van der Waals surface area (Å²) in [5.41, 5.74) is 0.779. The van der Waals surface area contributed by atoms with Gasteiger partial charge in [0.2, 0.25) is 5.91 Å². The third-order valence-corrected chi connectivity index (χ3v) is 3.82. The van der Waals surface area contributed by atoms with Crippen molar-refractivity contribution in [2.45, 2.75) is 38.9 Å². The molecule has 0 saturated carbocycles. The van der Waals surface area contributed by atoms with Gasteiger partial charge in [-0.1, -0.05) is 12.1 Å². The van der Waals surface area contributed by atoms with Crippen LogP contribution in [0.15, 0.2) is 24.3 Å². The first-order chi connectivity index (χ1) is 10.6. The molecule has 3 N–H and O–H groups in total. The SMILES string of the molecule is CC(C)Oc1ccc(C(O)CNC(=O)C2CCNCC2)cc1. The van der Waals surface area contributed by atoms with Crippen LogP contribution >= 0.6 is 0 Å². The zero-order valence-electron chi connectivity index (χ0n) is 13.3. The second-order valence-electron chi connectivity index (χ2n) is 6.02.